The Kier molecular flexibility index (Phi) is 5.67. The average Bonchev–Trinajstić information content (AvgIpc) is 2.50. The van der Waals surface area contributed by atoms with Crippen LogP contribution < -0.4 is 10.6 Å². The Morgan fingerprint density at radius 2 is 1.82 bits per heavy atom. The number of carboxylic acids is 1. The van der Waals surface area contributed by atoms with Crippen molar-refractivity contribution < 1.29 is 14.7 Å². The first-order chi connectivity index (χ1) is 10.4. The quantitative estimate of drug-likeness (QED) is 0.764. The maximum atomic E-state index is 12.1. The van der Waals surface area contributed by atoms with Crippen molar-refractivity contribution in [1.29, 1.82) is 0 Å². The van der Waals surface area contributed by atoms with Crippen molar-refractivity contribution >= 4 is 35.1 Å². The van der Waals surface area contributed by atoms with Gasteiger partial charge >= 0.3 is 5.97 Å². The monoisotopic (exact) mass is 344 g/mol. The summed E-state index contributed by atoms with van der Waals surface area (Å²) in [6.45, 7) is 1.39. The van der Waals surface area contributed by atoms with Crippen molar-refractivity contribution in [2.75, 3.05) is 19.6 Å². The van der Waals surface area contributed by atoms with Crippen molar-refractivity contribution in [3.63, 3.8) is 0 Å². The Hall–Kier alpha value is -1.30. The number of carbonyl (C=O) groups is 2. The highest BCUT2D eigenvalue weighted by Gasteiger charge is 2.39. The van der Waals surface area contributed by atoms with Gasteiger partial charge in [0.25, 0.3) is 0 Å². The van der Waals surface area contributed by atoms with E-state index in [0.29, 0.717) is 41.5 Å². The van der Waals surface area contributed by atoms with Gasteiger partial charge in [-0.1, -0.05) is 29.3 Å². The Morgan fingerprint density at radius 3 is 2.36 bits per heavy atom. The molecule has 2 rings (SSSR count). The van der Waals surface area contributed by atoms with E-state index >= 15 is 0 Å². The summed E-state index contributed by atoms with van der Waals surface area (Å²) < 4.78 is 0. The van der Waals surface area contributed by atoms with Gasteiger partial charge in [0.05, 0.1) is 11.8 Å². The molecule has 1 aromatic rings. The zero-order valence-electron chi connectivity index (χ0n) is 12.0. The molecular weight excluding hydrogens is 327 g/mol. The van der Waals surface area contributed by atoms with Crippen LogP contribution in [0.2, 0.25) is 10.0 Å². The van der Waals surface area contributed by atoms with Crippen molar-refractivity contribution in [3.8, 4) is 0 Å². The molecule has 1 aromatic carbocycles. The van der Waals surface area contributed by atoms with Gasteiger partial charge in [0, 0.05) is 16.6 Å². The van der Waals surface area contributed by atoms with Crippen LogP contribution in [0.4, 0.5) is 0 Å². The minimum Gasteiger partial charge on any atom is -0.481 e. The van der Waals surface area contributed by atoms with Gasteiger partial charge in [-0.15, -0.1) is 0 Å². The number of carboxylic acid groups (broad SMARTS) is 1. The number of amides is 1. The molecule has 1 amide bonds. The van der Waals surface area contributed by atoms with E-state index < -0.39 is 11.4 Å². The van der Waals surface area contributed by atoms with Crippen LogP contribution in [0, 0.1) is 5.41 Å². The molecule has 5 nitrogen and oxygen atoms in total. The smallest absolute Gasteiger partial charge is 0.311 e. The summed E-state index contributed by atoms with van der Waals surface area (Å²) in [5, 5.41) is 16.2. The normalized spacial score (nSPS) is 17.0. The lowest BCUT2D eigenvalue weighted by atomic mass is 9.79. The van der Waals surface area contributed by atoms with Crippen LogP contribution in [0.5, 0.6) is 0 Å². The molecule has 1 fully saturated rings. The number of aliphatic carboxylic acids is 1. The molecule has 1 heterocycles. The van der Waals surface area contributed by atoms with Crippen LogP contribution in [0.1, 0.15) is 18.4 Å². The molecule has 0 spiro atoms. The largest absolute Gasteiger partial charge is 0.481 e. The summed E-state index contributed by atoms with van der Waals surface area (Å²) in [6.07, 6.45) is 1.03. The van der Waals surface area contributed by atoms with Crippen LogP contribution in [-0.2, 0) is 16.0 Å². The van der Waals surface area contributed by atoms with E-state index in [1.807, 2.05) is 0 Å². The first-order valence-electron chi connectivity index (χ1n) is 7.08. The summed E-state index contributed by atoms with van der Waals surface area (Å²) in [6, 6.07) is 5.05. The molecule has 0 aliphatic carbocycles. The molecule has 0 atom stereocenters. The van der Waals surface area contributed by atoms with Gasteiger partial charge in [0.1, 0.15) is 0 Å². The summed E-state index contributed by atoms with van der Waals surface area (Å²) in [5.74, 6) is -1.15. The number of benzene rings is 1. The van der Waals surface area contributed by atoms with E-state index in [2.05, 4.69) is 10.6 Å². The first-order valence-corrected chi connectivity index (χ1v) is 7.84. The second kappa shape index (κ2) is 7.31. The molecule has 1 saturated heterocycles. The third-order valence-electron chi connectivity index (χ3n) is 4.04. The second-order valence-corrected chi connectivity index (χ2v) is 6.30. The molecule has 120 valence electrons. The number of halogens is 2. The molecule has 0 saturated carbocycles. The fraction of sp³-hybridized carbons (Fsp3) is 0.467. The highest BCUT2D eigenvalue weighted by molar-refractivity contribution is 6.36. The topological polar surface area (TPSA) is 78.4 Å². The Labute approximate surface area is 139 Å². The van der Waals surface area contributed by atoms with E-state index in [-0.39, 0.29) is 18.9 Å². The molecular formula is C15H18Cl2N2O3. The number of rotatable bonds is 5. The van der Waals surface area contributed by atoms with Crippen molar-refractivity contribution in [3.05, 3.63) is 33.8 Å². The SMILES string of the molecule is O=C(Cc1c(Cl)cccc1Cl)NCC1(C(=O)O)CCNCC1. The van der Waals surface area contributed by atoms with Gasteiger partial charge in [-0.2, -0.15) is 0 Å². The number of nitrogens with one attached hydrogen (secondary N) is 2. The fourth-order valence-corrected chi connectivity index (χ4v) is 3.09. The third kappa shape index (κ3) is 3.91. The summed E-state index contributed by atoms with van der Waals surface area (Å²) in [7, 11) is 0. The van der Waals surface area contributed by atoms with Crippen LogP contribution in [-0.4, -0.2) is 36.6 Å². The highest BCUT2D eigenvalue weighted by atomic mass is 35.5. The molecule has 1 aliphatic rings. The van der Waals surface area contributed by atoms with Gasteiger partial charge < -0.3 is 15.7 Å². The Morgan fingerprint density at radius 1 is 1.23 bits per heavy atom. The van der Waals surface area contributed by atoms with E-state index in [1.54, 1.807) is 18.2 Å². The number of hydrogen-bond acceptors (Lipinski definition) is 3. The maximum absolute atomic E-state index is 12.1. The predicted molar refractivity (Wildman–Crippen MR) is 85.3 cm³/mol. The van der Waals surface area contributed by atoms with Crippen LogP contribution in [0.25, 0.3) is 0 Å². The summed E-state index contributed by atoms with van der Waals surface area (Å²) >= 11 is 12.1. The van der Waals surface area contributed by atoms with Crippen molar-refractivity contribution in [2.24, 2.45) is 5.41 Å². The molecule has 0 bridgehead atoms. The first kappa shape index (κ1) is 17.1. The van der Waals surface area contributed by atoms with Crippen LogP contribution in [0.15, 0.2) is 18.2 Å². The molecule has 7 heteroatoms. The van der Waals surface area contributed by atoms with E-state index in [4.69, 9.17) is 23.2 Å². The zero-order valence-corrected chi connectivity index (χ0v) is 13.5. The third-order valence-corrected chi connectivity index (χ3v) is 4.75. The van der Waals surface area contributed by atoms with Crippen molar-refractivity contribution in [2.45, 2.75) is 19.3 Å². The van der Waals surface area contributed by atoms with Crippen LogP contribution >= 0.6 is 23.2 Å². The lowest BCUT2D eigenvalue weighted by Crippen LogP contribution is -2.49. The van der Waals surface area contributed by atoms with Gasteiger partial charge in [-0.25, -0.2) is 0 Å². The predicted octanol–water partition coefficient (Wildman–Crippen LogP) is 2.11. The molecule has 0 radical (unpaired) electrons. The minimum atomic E-state index is -0.898. The number of carbonyl (C=O) groups excluding carboxylic acids is 1. The second-order valence-electron chi connectivity index (χ2n) is 5.49. The lowest BCUT2D eigenvalue weighted by Gasteiger charge is -2.33. The van der Waals surface area contributed by atoms with Gasteiger partial charge in [0.2, 0.25) is 5.91 Å². The minimum absolute atomic E-state index is 0.0342. The lowest BCUT2D eigenvalue weighted by molar-refractivity contribution is -0.150. The average molecular weight is 345 g/mol. The summed E-state index contributed by atoms with van der Waals surface area (Å²) in [4.78, 5) is 23.6. The highest BCUT2D eigenvalue weighted by Crippen LogP contribution is 2.29. The molecule has 3 N–H and O–H groups in total. The van der Waals surface area contributed by atoms with Gasteiger partial charge in [-0.05, 0) is 43.6 Å². The van der Waals surface area contributed by atoms with E-state index in [9.17, 15) is 14.7 Å². The number of piperidine rings is 1. The number of hydrogen-bond donors (Lipinski definition) is 3. The Balaban J connectivity index is 1.98. The van der Waals surface area contributed by atoms with Crippen molar-refractivity contribution in [1.82, 2.24) is 10.6 Å². The molecule has 0 unspecified atom stereocenters. The molecule has 0 aromatic heterocycles. The fourth-order valence-electron chi connectivity index (χ4n) is 2.56. The van der Waals surface area contributed by atoms with E-state index in [1.165, 1.54) is 0 Å². The Bertz CT molecular complexity index is 552. The molecule has 1 aliphatic heterocycles. The maximum Gasteiger partial charge on any atom is 0.311 e. The van der Waals surface area contributed by atoms with E-state index in [0.717, 1.165) is 0 Å². The standard InChI is InChI=1S/C15H18Cl2N2O3/c16-11-2-1-3-12(17)10(11)8-13(20)19-9-15(14(21)22)4-6-18-7-5-15/h1-3,18H,4-9H2,(H,19,20)(H,21,22). The summed E-state index contributed by atoms with van der Waals surface area (Å²) in [5.41, 5.74) is -0.344. The zero-order chi connectivity index (χ0) is 16.2. The van der Waals surface area contributed by atoms with Gasteiger partial charge in [-0.3, -0.25) is 9.59 Å². The van der Waals surface area contributed by atoms with Crippen LogP contribution in [0.3, 0.4) is 0 Å². The van der Waals surface area contributed by atoms with Gasteiger partial charge in [0.15, 0.2) is 0 Å². The molecule has 22 heavy (non-hydrogen) atoms.